The van der Waals surface area contributed by atoms with Crippen LogP contribution in [0.2, 0.25) is 5.02 Å². The number of carboxylic acid groups (broad SMARTS) is 1. The maximum Gasteiger partial charge on any atom is 0.303 e. The van der Waals surface area contributed by atoms with Gasteiger partial charge in [0.25, 0.3) is 5.89 Å². The Morgan fingerprint density at radius 1 is 1.50 bits per heavy atom. The molecule has 5 nitrogen and oxygen atoms in total. The van der Waals surface area contributed by atoms with E-state index in [1.165, 1.54) is 12.1 Å². The van der Waals surface area contributed by atoms with Gasteiger partial charge in [-0.2, -0.15) is 0 Å². The van der Waals surface area contributed by atoms with Crippen LogP contribution in [0.1, 0.15) is 19.2 Å². The molecule has 2 aromatic rings. The Balaban J connectivity index is 2.17. The fourth-order valence-corrected chi connectivity index (χ4v) is 1.96. The van der Waals surface area contributed by atoms with Gasteiger partial charge in [0.2, 0.25) is 5.89 Å². The third-order valence-electron chi connectivity index (χ3n) is 2.70. The number of hydrogen-bond acceptors (Lipinski definition) is 4. The van der Waals surface area contributed by atoms with E-state index in [1.54, 1.807) is 13.0 Å². The van der Waals surface area contributed by atoms with Crippen LogP contribution >= 0.6 is 11.6 Å². The van der Waals surface area contributed by atoms with Crippen molar-refractivity contribution in [2.24, 2.45) is 5.92 Å². The van der Waals surface area contributed by atoms with Crippen LogP contribution in [0.5, 0.6) is 0 Å². The molecule has 0 aliphatic carbocycles. The molecule has 20 heavy (non-hydrogen) atoms. The number of aromatic nitrogens is 2. The van der Waals surface area contributed by atoms with Crippen LogP contribution in [0.3, 0.4) is 0 Å². The smallest absolute Gasteiger partial charge is 0.303 e. The molecule has 106 valence electrons. The Morgan fingerprint density at radius 3 is 2.95 bits per heavy atom. The first kappa shape index (κ1) is 14.5. The molecule has 2 rings (SSSR count). The Labute approximate surface area is 119 Å². The third-order valence-corrected chi connectivity index (χ3v) is 2.99. The number of halogens is 2. The Bertz CT molecular complexity index is 630. The molecule has 0 fully saturated rings. The van der Waals surface area contributed by atoms with Gasteiger partial charge in [0.05, 0.1) is 10.6 Å². The molecule has 0 aliphatic heterocycles. The molecule has 0 saturated carbocycles. The molecule has 0 radical (unpaired) electrons. The minimum absolute atomic E-state index is 0.00321. The summed E-state index contributed by atoms with van der Waals surface area (Å²) in [7, 11) is 0. The molecule has 1 aromatic heterocycles. The maximum atomic E-state index is 13.8. The molecule has 0 bridgehead atoms. The van der Waals surface area contributed by atoms with Crippen LogP contribution in [0.25, 0.3) is 11.5 Å². The minimum atomic E-state index is -0.891. The van der Waals surface area contributed by atoms with Gasteiger partial charge < -0.3 is 9.52 Å². The summed E-state index contributed by atoms with van der Waals surface area (Å²) in [5.74, 6) is -1.36. The van der Waals surface area contributed by atoms with Gasteiger partial charge in [0.1, 0.15) is 0 Å². The minimum Gasteiger partial charge on any atom is -0.481 e. The van der Waals surface area contributed by atoms with Crippen molar-refractivity contribution in [3.8, 4) is 11.5 Å². The zero-order chi connectivity index (χ0) is 14.7. The largest absolute Gasteiger partial charge is 0.481 e. The lowest BCUT2D eigenvalue weighted by Gasteiger charge is -2.03. The molecule has 1 heterocycles. The summed E-state index contributed by atoms with van der Waals surface area (Å²) in [6.45, 7) is 1.76. The molecule has 1 aromatic carbocycles. The monoisotopic (exact) mass is 298 g/mol. The summed E-state index contributed by atoms with van der Waals surface area (Å²) in [4.78, 5) is 10.6. The van der Waals surface area contributed by atoms with Crippen molar-refractivity contribution < 1.29 is 18.7 Å². The van der Waals surface area contributed by atoms with Crippen LogP contribution < -0.4 is 0 Å². The van der Waals surface area contributed by atoms with Crippen molar-refractivity contribution >= 4 is 17.6 Å². The molecule has 0 amide bonds. The summed E-state index contributed by atoms with van der Waals surface area (Å²) in [6.07, 6.45) is 0.324. The quantitative estimate of drug-likeness (QED) is 0.917. The summed E-state index contributed by atoms with van der Waals surface area (Å²) in [5.41, 5.74) is 0.127. The first-order valence-electron chi connectivity index (χ1n) is 5.96. The standard InChI is InChI=1S/C13H12ClFN2O3/c1-7(6-11(18)19)5-10-16-17-13(20-10)8-3-2-4-9(14)12(8)15/h2-4,7H,5-6H2,1H3,(H,18,19). The molecular formula is C13H12ClFN2O3. The predicted octanol–water partition coefficient (Wildman–Crippen LogP) is 3.18. The number of carbonyl (C=O) groups is 1. The van der Waals surface area contributed by atoms with E-state index in [4.69, 9.17) is 21.1 Å². The fraction of sp³-hybridized carbons (Fsp3) is 0.308. The number of carboxylic acids is 1. The van der Waals surface area contributed by atoms with Gasteiger partial charge in [-0.25, -0.2) is 4.39 Å². The van der Waals surface area contributed by atoms with Gasteiger partial charge in [-0.1, -0.05) is 24.6 Å². The van der Waals surface area contributed by atoms with E-state index in [9.17, 15) is 9.18 Å². The van der Waals surface area contributed by atoms with Gasteiger partial charge in [-0.3, -0.25) is 4.79 Å². The average Bonchev–Trinajstić information content (AvgIpc) is 2.79. The summed E-state index contributed by atoms with van der Waals surface area (Å²) >= 11 is 5.68. The van der Waals surface area contributed by atoms with Gasteiger partial charge >= 0.3 is 5.97 Å². The highest BCUT2D eigenvalue weighted by Gasteiger charge is 2.17. The second kappa shape index (κ2) is 6.00. The first-order valence-corrected chi connectivity index (χ1v) is 6.33. The SMILES string of the molecule is CC(CC(=O)O)Cc1nnc(-c2cccc(Cl)c2F)o1. The number of rotatable bonds is 5. The van der Waals surface area contributed by atoms with Crippen LogP contribution in [0.4, 0.5) is 4.39 Å². The van der Waals surface area contributed by atoms with Crippen molar-refractivity contribution in [2.45, 2.75) is 19.8 Å². The van der Waals surface area contributed by atoms with Gasteiger partial charge in [-0.05, 0) is 18.1 Å². The second-order valence-electron chi connectivity index (χ2n) is 4.51. The predicted molar refractivity (Wildman–Crippen MR) is 69.8 cm³/mol. The summed E-state index contributed by atoms with van der Waals surface area (Å²) < 4.78 is 19.1. The van der Waals surface area contributed by atoms with Crippen LogP contribution in [-0.4, -0.2) is 21.3 Å². The normalized spacial score (nSPS) is 12.3. The van der Waals surface area contributed by atoms with Crippen LogP contribution in [0.15, 0.2) is 22.6 Å². The van der Waals surface area contributed by atoms with E-state index in [-0.39, 0.29) is 34.7 Å². The van der Waals surface area contributed by atoms with Crippen molar-refractivity contribution in [3.63, 3.8) is 0 Å². The highest BCUT2D eigenvalue weighted by molar-refractivity contribution is 6.31. The molecule has 1 atom stereocenters. The molecule has 0 aliphatic rings. The highest BCUT2D eigenvalue weighted by atomic mass is 35.5. The second-order valence-corrected chi connectivity index (χ2v) is 4.92. The number of aliphatic carboxylic acids is 1. The zero-order valence-electron chi connectivity index (χ0n) is 10.6. The van der Waals surface area contributed by atoms with E-state index in [1.807, 2.05) is 0 Å². The average molecular weight is 299 g/mol. The van der Waals surface area contributed by atoms with Gasteiger partial charge in [-0.15, -0.1) is 10.2 Å². The third kappa shape index (κ3) is 3.33. The lowest BCUT2D eigenvalue weighted by Crippen LogP contribution is -2.07. The number of hydrogen-bond donors (Lipinski definition) is 1. The van der Waals surface area contributed by atoms with Gasteiger partial charge in [0, 0.05) is 12.8 Å². The van der Waals surface area contributed by atoms with Crippen molar-refractivity contribution in [3.05, 3.63) is 34.9 Å². The molecular weight excluding hydrogens is 287 g/mol. The van der Waals surface area contributed by atoms with Crippen LogP contribution in [-0.2, 0) is 11.2 Å². The molecule has 1 unspecified atom stereocenters. The first-order chi connectivity index (χ1) is 9.47. The maximum absolute atomic E-state index is 13.8. The van der Waals surface area contributed by atoms with E-state index in [0.717, 1.165) is 0 Å². The topological polar surface area (TPSA) is 76.2 Å². The summed E-state index contributed by atoms with van der Waals surface area (Å²) in [5, 5.41) is 16.2. The number of nitrogens with zero attached hydrogens (tertiary/aromatic N) is 2. The Kier molecular flexibility index (Phi) is 4.34. The van der Waals surface area contributed by atoms with E-state index in [0.29, 0.717) is 6.42 Å². The molecule has 0 spiro atoms. The van der Waals surface area contributed by atoms with Gasteiger partial charge in [0.15, 0.2) is 5.82 Å². The molecule has 1 N–H and O–H groups in total. The van der Waals surface area contributed by atoms with Crippen molar-refractivity contribution in [1.29, 1.82) is 0 Å². The zero-order valence-corrected chi connectivity index (χ0v) is 11.4. The van der Waals surface area contributed by atoms with Crippen LogP contribution in [0, 0.1) is 11.7 Å². The summed E-state index contributed by atoms with van der Waals surface area (Å²) in [6, 6.07) is 4.49. The number of benzene rings is 1. The molecule has 7 heteroatoms. The van der Waals surface area contributed by atoms with E-state index >= 15 is 0 Å². The Hall–Kier alpha value is -1.95. The van der Waals surface area contributed by atoms with Crippen molar-refractivity contribution in [2.75, 3.05) is 0 Å². The lowest BCUT2D eigenvalue weighted by molar-refractivity contribution is -0.137. The molecule has 0 saturated heterocycles. The van der Waals surface area contributed by atoms with E-state index in [2.05, 4.69) is 10.2 Å². The fourth-order valence-electron chi connectivity index (χ4n) is 1.78. The Morgan fingerprint density at radius 2 is 2.25 bits per heavy atom. The van der Waals surface area contributed by atoms with E-state index < -0.39 is 11.8 Å². The highest BCUT2D eigenvalue weighted by Crippen LogP contribution is 2.27. The van der Waals surface area contributed by atoms with Crippen molar-refractivity contribution in [1.82, 2.24) is 10.2 Å². The lowest BCUT2D eigenvalue weighted by atomic mass is 10.0.